The van der Waals surface area contributed by atoms with E-state index in [2.05, 4.69) is 15.0 Å². The van der Waals surface area contributed by atoms with Crippen molar-refractivity contribution in [3.05, 3.63) is 67.3 Å². The Balaban J connectivity index is 1.54. The lowest BCUT2D eigenvalue weighted by Crippen LogP contribution is -2.25. The molecule has 1 aromatic carbocycles. The first-order valence-electron chi connectivity index (χ1n) is 11.1. The van der Waals surface area contributed by atoms with Crippen LogP contribution >= 0.6 is 11.8 Å². The van der Waals surface area contributed by atoms with Gasteiger partial charge in [0, 0.05) is 17.0 Å². The number of fused-ring (bicyclic) bond motifs is 1. The van der Waals surface area contributed by atoms with Crippen molar-refractivity contribution in [2.45, 2.75) is 42.4 Å². The van der Waals surface area contributed by atoms with Crippen molar-refractivity contribution in [3.63, 3.8) is 0 Å². The van der Waals surface area contributed by atoms with Crippen molar-refractivity contribution in [2.24, 2.45) is 0 Å². The van der Waals surface area contributed by atoms with E-state index in [-0.39, 0.29) is 5.69 Å². The Kier molecular flexibility index (Phi) is 6.44. The predicted octanol–water partition coefficient (Wildman–Crippen LogP) is 5.45. The normalized spacial score (nSPS) is 14.9. The number of aromatic nitrogens is 4. The lowest BCUT2D eigenvalue weighted by atomic mass is 10.0. The Hall–Kier alpha value is -3.08. The number of hydrogen-bond donors (Lipinski definition) is 1. The minimum Gasteiger partial charge on any atom is -0.269 e. The van der Waals surface area contributed by atoms with Gasteiger partial charge >= 0.3 is 10.3 Å². The lowest BCUT2D eigenvalue weighted by molar-refractivity contribution is 0.483. The standard InChI is InChI=1S/C24H23N5O3S2/c30-34(31,32)29(18-7-3-1-4-8-18)19-13-17(14-25-15-19)21-11-12-22-23(28-21)24(27-16-26-22)33-20-9-5-2-6-10-20/h1,3-4,7-8,11-16,20H,2,5-6,9-10H2,(H,30,31,32). The summed E-state index contributed by atoms with van der Waals surface area (Å²) in [4.78, 5) is 17.9. The minimum atomic E-state index is -4.58. The van der Waals surface area contributed by atoms with Gasteiger partial charge in [-0.1, -0.05) is 37.5 Å². The van der Waals surface area contributed by atoms with Gasteiger partial charge in [0.25, 0.3) is 0 Å². The Morgan fingerprint density at radius 2 is 1.74 bits per heavy atom. The summed E-state index contributed by atoms with van der Waals surface area (Å²) in [6, 6.07) is 13.7. The van der Waals surface area contributed by atoms with Gasteiger partial charge in [-0.2, -0.15) is 8.42 Å². The lowest BCUT2D eigenvalue weighted by Gasteiger charge is -2.21. The summed E-state index contributed by atoms with van der Waals surface area (Å²) in [6.07, 6.45) is 10.7. The molecule has 1 aliphatic rings. The molecule has 1 saturated carbocycles. The SMILES string of the molecule is O=S(=O)(O)N(c1ccccc1)c1cncc(-c2ccc3ncnc(SC4CCCCC4)c3n2)c1. The summed E-state index contributed by atoms with van der Waals surface area (Å²) < 4.78 is 35.2. The number of nitrogens with zero attached hydrogens (tertiary/aromatic N) is 5. The second-order valence-corrected chi connectivity index (χ2v) is 10.7. The van der Waals surface area contributed by atoms with Gasteiger partial charge in [-0.3, -0.25) is 9.54 Å². The van der Waals surface area contributed by atoms with E-state index in [9.17, 15) is 13.0 Å². The van der Waals surface area contributed by atoms with Crippen molar-refractivity contribution < 1.29 is 13.0 Å². The number of pyridine rings is 2. The second kappa shape index (κ2) is 9.65. The third kappa shape index (κ3) is 4.89. The average Bonchev–Trinajstić information content (AvgIpc) is 2.85. The van der Waals surface area contributed by atoms with Crippen LogP contribution in [0.1, 0.15) is 32.1 Å². The summed E-state index contributed by atoms with van der Waals surface area (Å²) in [5.41, 5.74) is 3.21. The van der Waals surface area contributed by atoms with Gasteiger partial charge in [0.2, 0.25) is 0 Å². The molecule has 3 aromatic heterocycles. The minimum absolute atomic E-state index is 0.203. The summed E-state index contributed by atoms with van der Waals surface area (Å²) in [5, 5.41) is 1.38. The van der Waals surface area contributed by atoms with Crippen LogP contribution in [0.15, 0.2) is 72.3 Å². The number of hydrogen-bond acceptors (Lipinski definition) is 7. The highest BCUT2D eigenvalue weighted by Crippen LogP contribution is 2.36. The molecule has 1 N–H and O–H groups in total. The molecule has 0 spiro atoms. The fourth-order valence-electron chi connectivity index (χ4n) is 4.16. The molecule has 1 aliphatic carbocycles. The van der Waals surface area contributed by atoms with Crippen molar-refractivity contribution >= 4 is 44.5 Å². The number of benzene rings is 1. The number of rotatable bonds is 6. The predicted molar refractivity (Wildman–Crippen MR) is 133 cm³/mol. The van der Waals surface area contributed by atoms with E-state index in [4.69, 9.17) is 4.98 Å². The summed E-state index contributed by atoms with van der Waals surface area (Å²) >= 11 is 1.76. The van der Waals surface area contributed by atoms with Crippen LogP contribution in [0.3, 0.4) is 0 Å². The first-order chi connectivity index (χ1) is 16.5. The molecule has 0 radical (unpaired) electrons. The van der Waals surface area contributed by atoms with Gasteiger partial charge in [0.05, 0.1) is 28.8 Å². The van der Waals surface area contributed by atoms with Gasteiger partial charge < -0.3 is 0 Å². The molecule has 0 aliphatic heterocycles. The molecule has 174 valence electrons. The molecule has 5 rings (SSSR count). The zero-order chi connectivity index (χ0) is 23.5. The topological polar surface area (TPSA) is 109 Å². The molecule has 0 atom stereocenters. The van der Waals surface area contributed by atoms with Crippen LogP contribution in [0.2, 0.25) is 0 Å². The maximum Gasteiger partial charge on any atom is 0.364 e. The van der Waals surface area contributed by atoms with Crippen LogP contribution in [0.25, 0.3) is 22.3 Å². The molecule has 0 unspecified atom stereocenters. The van der Waals surface area contributed by atoms with Crippen molar-refractivity contribution in [1.82, 2.24) is 19.9 Å². The molecule has 3 heterocycles. The fourth-order valence-corrected chi connectivity index (χ4v) is 6.17. The Labute approximate surface area is 202 Å². The summed E-state index contributed by atoms with van der Waals surface area (Å²) in [6.45, 7) is 0. The molecule has 10 heteroatoms. The van der Waals surface area contributed by atoms with Crippen molar-refractivity contribution in [1.29, 1.82) is 0 Å². The van der Waals surface area contributed by atoms with E-state index < -0.39 is 10.3 Å². The van der Waals surface area contributed by atoms with Crippen molar-refractivity contribution in [3.8, 4) is 11.3 Å². The monoisotopic (exact) mass is 493 g/mol. The molecule has 1 fully saturated rings. The molecular formula is C24H23N5O3S2. The Bertz CT molecular complexity index is 1410. The average molecular weight is 494 g/mol. The third-order valence-electron chi connectivity index (χ3n) is 5.75. The molecule has 0 saturated heterocycles. The van der Waals surface area contributed by atoms with Crippen LogP contribution in [0.5, 0.6) is 0 Å². The van der Waals surface area contributed by atoms with E-state index in [1.807, 2.05) is 12.1 Å². The second-order valence-electron chi connectivity index (χ2n) is 8.13. The van der Waals surface area contributed by atoms with Crippen LogP contribution in [-0.2, 0) is 10.3 Å². The van der Waals surface area contributed by atoms with E-state index in [0.717, 1.165) is 20.4 Å². The molecule has 0 amide bonds. The van der Waals surface area contributed by atoms with Crippen molar-refractivity contribution in [2.75, 3.05) is 4.31 Å². The maximum atomic E-state index is 12.2. The van der Waals surface area contributed by atoms with Gasteiger partial charge in [-0.05, 0) is 43.2 Å². The van der Waals surface area contributed by atoms with Crippen LogP contribution < -0.4 is 4.31 Å². The zero-order valence-corrected chi connectivity index (χ0v) is 19.9. The summed E-state index contributed by atoms with van der Waals surface area (Å²) in [5.74, 6) is 0. The van der Waals surface area contributed by atoms with Gasteiger partial charge in [-0.15, -0.1) is 11.8 Å². The molecule has 34 heavy (non-hydrogen) atoms. The van der Waals surface area contributed by atoms with E-state index >= 15 is 0 Å². The highest BCUT2D eigenvalue weighted by Gasteiger charge is 2.23. The summed E-state index contributed by atoms with van der Waals surface area (Å²) in [7, 11) is -4.58. The Morgan fingerprint density at radius 3 is 2.50 bits per heavy atom. The fraction of sp³-hybridized carbons (Fsp3) is 0.250. The zero-order valence-electron chi connectivity index (χ0n) is 18.3. The molecule has 8 nitrogen and oxygen atoms in total. The third-order valence-corrected chi connectivity index (χ3v) is 7.96. The first kappa shape index (κ1) is 22.7. The highest BCUT2D eigenvalue weighted by atomic mass is 32.2. The van der Waals surface area contributed by atoms with Crippen LogP contribution in [0, 0.1) is 0 Å². The number of anilines is 2. The van der Waals surface area contributed by atoms with E-state index in [1.54, 1.807) is 60.7 Å². The Morgan fingerprint density at radius 1 is 0.941 bits per heavy atom. The first-order valence-corrected chi connectivity index (χ1v) is 13.3. The maximum absolute atomic E-state index is 12.2. The number of thioether (sulfide) groups is 1. The van der Waals surface area contributed by atoms with Gasteiger partial charge in [0.15, 0.2) is 0 Å². The van der Waals surface area contributed by atoms with Gasteiger partial charge in [-0.25, -0.2) is 19.3 Å². The van der Waals surface area contributed by atoms with Gasteiger partial charge in [0.1, 0.15) is 16.9 Å². The highest BCUT2D eigenvalue weighted by molar-refractivity contribution is 8.00. The number of para-hydroxylation sites is 1. The quantitative estimate of drug-likeness (QED) is 0.279. The van der Waals surface area contributed by atoms with Crippen LogP contribution in [-0.4, -0.2) is 38.2 Å². The molecular weight excluding hydrogens is 470 g/mol. The van der Waals surface area contributed by atoms with E-state index in [0.29, 0.717) is 22.2 Å². The smallest absolute Gasteiger partial charge is 0.269 e. The van der Waals surface area contributed by atoms with Crippen LogP contribution in [0.4, 0.5) is 11.4 Å². The largest absolute Gasteiger partial charge is 0.364 e. The van der Waals surface area contributed by atoms with E-state index in [1.165, 1.54) is 38.3 Å². The molecule has 0 bridgehead atoms. The molecule has 4 aromatic rings.